The van der Waals surface area contributed by atoms with Gasteiger partial charge in [-0.05, 0) is 52.3 Å². The van der Waals surface area contributed by atoms with Gasteiger partial charge in [0, 0.05) is 24.2 Å². The molecule has 3 aromatic rings. The number of hydrogen-bond acceptors (Lipinski definition) is 6. The minimum atomic E-state index is -0.221. The smallest absolute Gasteiger partial charge is 0.262 e. The Balaban J connectivity index is 2.16. The summed E-state index contributed by atoms with van der Waals surface area (Å²) in [4.78, 5) is 37.8. The lowest BCUT2D eigenvalue weighted by Gasteiger charge is -2.13. The maximum atomic E-state index is 13.1. The summed E-state index contributed by atoms with van der Waals surface area (Å²) in [5, 5.41) is 15.1. The molecule has 2 N–H and O–H groups in total. The van der Waals surface area contributed by atoms with Gasteiger partial charge in [0.05, 0.1) is 16.7 Å². The van der Waals surface area contributed by atoms with Crippen LogP contribution >= 0.6 is 11.8 Å². The van der Waals surface area contributed by atoms with E-state index in [9.17, 15) is 14.4 Å². The van der Waals surface area contributed by atoms with Crippen molar-refractivity contribution < 1.29 is 9.59 Å². The molecule has 2 aromatic heterocycles. The highest BCUT2D eigenvalue weighted by atomic mass is 32.2. The number of rotatable bonds is 8. The second-order valence-corrected chi connectivity index (χ2v) is 8.89. The summed E-state index contributed by atoms with van der Waals surface area (Å²) >= 11 is 1.24. The van der Waals surface area contributed by atoms with Crippen molar-refractivity contribution in [3.63, 3.8) is 0 Å². The molecule has 0 spiro atoms. The number of carbonyl (C=O) groups excluding carboxylic acids is 2. The monoisotopic (exact) mass is 444 g/mol. The van der Waals surface area contributed by atoms with E-state index in [2.05, 4.69) is 20.8 Å². The number of carbonyl (C=O) groups is 2. The molecule has 0 fully saturated rings. The van der Waals surface area contributed by atoms with Crippen LogP contribution in [0.2, 0.25) is 0 Å². The second-order valence-electron chi connectivity index (χ2n) is 7.95. The van der Waals surface area contributed by atoms with Crippen LogP contribution in [0.15, 0.2) is 28.2 Å². The molecule has 0 aliphatic rings. The highest BCUT2D eigenvalue weighted by Gasteiger charge is 2.19. The SMILES string of the molecule is CCCn1c(=O)c2ccc(C(=O)NC(C)C)cc2n2c(SCC(=O)NC(C)C)nnc12. The van der Waals surface area contributed by atoms with Gasteiger partial charge in [0.2, 0.25) is 11.7 Å². The van der Waals surface area contributed by atoms with E-state index in [-0.39, 0.29) is 35.2 Å². The zero-order valence-electron chi connectivity index (χ0n) is 18.4. The van der Waals surface area contributed by atoms with Crippen LogP contribution in [0.4, 0.5) is 0 Å². The zero-order chi connectivity index (χ0) is 22.7. The fraction of sp³-hybridized carbons (Fsp3) is 0.476. The van der Waals surface area contributed by atoms with Gasteiger partial charge in [0.25, 0.3) is 11.5 Å². The zero-order valence-corrected chi connectivity index (χ0v) is 19.2. The fourth-order valence-electron chi connectivity index (χ4n) is 3.28. The molecule has 0 unspecified atom stereocenters. The van der Waals surface area contributed by atoms with Crippen LogP contribution in [0.3, 0.4) is 0 Å². The van der Waals surface area contributed by atoms with Crippen LogP contribution < -0.4 is 16.2 Å². The first-order valence-corrected chi connectivity index (χ1v) is 11.4. The normalized spacial score (nSPS) is 11.6. The molecule has 0 aliphatic carbocycles. The van der Waals surface area contributed by atoms with Crippen LogP contribution in [0.5, 0.6) is 0 Å². The summed E-state index contributed by atoms with van der Waals surface area (Å²) in [5.74, 6) is 0.231. The summed E-state index contributed by atoms with van der Waals surface area (Å²) in [6.07, 6.45) is 0.752. The Kier molecular flexibility index (Phi) is 6.99. The lowest BCUT2D eigenvalue weighted by molar-refractivity contribution is -0.119. The second kappa shape index (κ2) is 9.51. The van der Waals surface area contributed by atoms with Crippen LogP contribution in [-0.4, -0.2) is 48.8 Å². The topological polar surface area (TPSA) is 110 Å². The van der Waals surface area contributed by atoms with E-state index in [1.165, 1.54) is 11.8 Å². The van der Waals surface area contributed by atoms with E-state index in [0.29, 0.717) is 33.9 Å². The van der Waals surface area contributed by atoms with Crippen molar-refractivity contribution in [2.75, 3.05) is 5.75 Å². The Morgan fingerprint density at radius 2 is 1.81 bits per heavy atom. The van der Waals surface area contributed by atoms with Gasteiger partial charge in [-0.1, -0.05) is 18.7 Å². The number of hydrogen-bond donors (Lipinski definition) is 2. The maximum Gasteiger partial charge on any atom is 0.262 e. The largest absolute Gasteiger partial charge is 0.353 e. The quantitative estimate of drug-likeness (QED) is 0.516. The standard InChI is InChI=1S/C21H28N6O3S/c1-6-9-26-19(30)15-8-7-14(18(29)23-13(4)5)10-16(15)27-20(26)24-25-21(27)31-11-17(28)22-12(2)3/h7-8,10,12-13H,6,9,11H2,1-5H3,(H,22,28)(H,23,29). The van der Waals surface area contributed by atoms with E-state index in [1.807, 2.05) is 34.6 Å². The number of aromatic nitrogens is 4. The van der Waals surface area contributed by atoms with Gasteiger partial charge in [0.1, 0.15) is 0 Å². The van der Waals surface area contributed by atoms with Gasteiger partial charge in [-0.3, -0.25) is 23.4 Å². The Morgan fingerprint density at radius 3 is 2.45 bits per heavy atom. The predicted molar refractivity (Wildman–Crippen MR) is 122 cm³/mol. The summed E-state index contributed by atoms with van der Waals surface area (Å²) in [5.41, 5.74) is 0.805. The first kappa shape index (κ1) is 22.8. The summed E-state index contributed by atoms with van der Waals surface area (Å²) in [6.45, 7) is 10.0. The highest BCUT2D eigenvalue weighted by molar-refractivity contribution is 7.99. The third-order valence-corrected chi connectivity index (χ3v) is 5.41. The Bertz CT molecular complexity index is 1180. The van der Waals surface area contributed by atoms with Crippen molar-refractivity contribution in [3.8, 4) is 0 Å². The molecule has 2 amide bonds. The number of fused-ring (bicyclic) bond motifs is 3. The molecule has 31 heavy (non-hydrogen) atoms. The van der Waals surface area contributed by atoms with Crippen molar-refractivity contribution >= 4 is 40.3 Å². The van der Waals surface area contributed by atoms with Gasteiger partial charge >= 0.3 is 0 Å². The van der Waals surface area contributed by atoms with Gasteiger partial charge in [-0.15, -0.1) is 10.2 Å². The summed E-state index contributed by atoms with van der Waals surface area (Å²) < 4.78 is 3.34. The molecule has 10 heteroatoms. The average Bonchev–Trinajstić information content (AvgIpc) is 3.12. The first-order valence-electron chi connectivity index (χ1n) is 10.4. The van der Waals surface area contributed by atoms with Crippen molar-refractivity contribution in [1.82, 2.24) is 29.8 Å². The third kappa shape index (κ3) is 4.90. The highest BCUT2D eigenvalue weighted by Crippen LogP contribution is 2.23. The molecule has 0 radical (unpaired) electrons. The van der Waals surface area contributed by atoms with Crippen LogP contribution in [0.1, 0.15) is 51.4 Å². The van der Waals surface area contributed by atoms with E-state index in [0.717, 1.165) is 6.42 Å². The Labute approximate surface area is 184 Å². The van der Waals surface area contributed by atoms with Crippen molar-refractivity contribution in [1.29, 1.82) is 0 Å². The predicted octanol–water partition coefficient (Wildman–Crippen LogP) is 2.21. The minimum absolute atomic E-state index is 0.0127. The lowest BCUT2D eigenvalue weighted by Crippen LogP contribution is -2.31. The molecule has 0 saturated heterocycles. The number of nitrogens with zero attached hydrogens (tertiary/aromatic N) is 4. The number of aryl methyl sites for hydroxylation is 1. The van der Waals surface area contributed by atoms with E-state index in [4.69, 9.17) is 0 Å². The molecule has 0 saturated carbocycles. The maximum absolute atomic E-state index is 13.1. The fourth-order valence-corrected chi connectivity index (χ4v) is 4.03. The van der Waals surface area contributed by atoms with Crippen LogP contribution in [-0.2, 0) is 11.3 Å². The molecular formula is C21H28N6O3S. The van der Waals surface area contributed by atoms with E-state index >= 15 is 0 Å². The Morgan fingerprint density at radius 1 is 1.10 bits per heavy atom. The first-order chi connectivity index (χ1) is 14.7. The number of nitrogens with one attached hydrogen (secondary N) is 2. The lowest BCUT2D eigenvalue weighted by atomic mass is 10.1. The third-order valence-electron chi connectivity index (χ3n) is 4.48. The van der Waals surface area contributed by atoms with Gasteiger partial charge < -0.3 is 10.6 Å². The molecule has 0 aliphatic heterocycles. The van der Waals surface area contributed by atoms with E-state index in [1.54, 1.807) is 27.2 Å². The van der Waals surface area contributed by atoms with Gasteiger partial charge in [-0.25, -0.2) is 0 Å². The molecule has 9 nitrogen and oxygen atoms in total. The van der Waals surface area contributed by atoms with Crippen LogP contribution in [0, 0.1) is 0 Å². The molecule has 0 atom stereocenters. The molecule has 0 bridgehead atoms. The number of thioether (sulfide) groups is 1. The van der Waals surface area contributed by atoms with Gasteiger partial charge in [0.15, 0.2) is 5.16 Å². The minimum Gasteiger partial charge on any atom is -0.353 e. The molecule has 2 heterocycles. The summed E-state index contributed by atoms with van der Waals surface area (Å²) in [7, 11) is 0. The summed E-state index contributed by atoms with van der Waals surface area (Å²) in [6, 6.07) is 5.02. The number of amides is 2. The molecule has 166 valence electrons. The van der Waals surface area contributed by atoms with Crippen molar-refractivity contribution in [2.24, 2.45) is 0 Å². The van der Waals surface area contributed by atoms with Crippen molar-refractivity contribution in [3.05, 3.63) is 34.1 Å². The number of benzene rings is 1. The molecular weight excluding hydrogens is 416 g/mol. The Hall–Kier alpha value is -2.88. The van der Waals surface area contributed by atoms with Crippen molar-refractivity contribution in [2.45, 2.75) is 64.8 Å². The van der Waals surface area contributed by atoms with E-state index < -0.39 is 0 Å². The van der Waals surface area contributed by atoms with Crippen LogP contribution in [0.25, 0.3) is 16.7 Å². The molecule has 3 rings (SSSR count). The average molecular weight is 445 g/mol. The van der Waals surface area contributed by atoms with Gasteiger partial charge in [-0.2, -0.15) is 0 Å². The molecule has 1 aromatic carbocycles.